The second-order valence-electron chi connectivity index (χ2n) is 10.1. The molecule has 1 amide bonds. The number of aromatic amines is 1. The fourth-order valence-electron chi connectivity index (χ4n) is 4.99. The van der Waals surface area contributed by atoms with Crippen LogP contribution in [0.3, 0.4) is 0 Å². The summed E-state index contributed by atoms with van der Waals surface area (Å²) in [5.41, 5.74) is 3.10. The van der Waals surface area contributed by atoms with Crippen LogP contribution in [-0.2, 0) is 6.54 Å². The summed E-state index contributed by atoms with van der Waals surface area (Å²) in [6, 6.07) is 29.8. The van der Waals surface area contributed by atoms with Crippen molar-refractivity contribution in [3.8, 4) is 17.2 Å². The van der Waals surface area contributed by atoms with Crippen LogP contribution in [0.15, 0.2) is 108 Å². The Kier molecular flexibility index (Phi) is 9.75. The van der Waals surface area contributed by atoms with Crippen molar-refractivity contribution in [2.24, 2.45) is 0 Å². The normalized spacial score (nSPS) is 12.4. The van der Waals surface area contributed by atoms with E-state index in [0.717, 1.165) is 16.7 Å². The summed E-state index contributed by atoms with van der Waals surface area (Å²) in [6.07, 6.45) is -1.97. The maximum atomic E-state index is 11.7. The first-order valence-corrected chi connectivity index (χ1v) is 14.1. The molecule has 10 heteroatoms. The quantitative estimate of drug-likeness (QED) is 0.105. The molecule has 5 rings (SSSR count). The van der Waals surface area contributed by atoms with E-state index >= 15 is 0 Å². The van der Waals surface area contributed by atoms with Crippen LogP contribution in [0.25, 0.3) is 10.9 Å². The van der Waals surface area contributed by atoms with Crippen LogP contribution >= 0.6 is 0 Å². The number of nitrogens with one attached hydrogen (secondary N) is 3. The lowest BCUT2D eigenvalue weighted by Gasteiger charge is -2.19. The molecule has 0 saturated carbocycles. The lowest BCUT2D eigenvalue weighted by Crippen LogP contribution is -2.27. The van der Waals surface area contributed by atoms with E-state index in [1.165, 1.54) is 12.1 Å². The van der Waals surface area contributed by atoms with Crippen LogP contribution in [0.4, 0.5) is 4.79 Å². The maximum Gasteiger partial charge on any atom is 0.405 e. The average molecular weight is 596 g/mol. The Hall–Kier alpha value is -5.32. The molecular formula is C34H33N3O7. The number of hydrogen-bond acceptors (Lipinski definition) is 7. The Morgan fingerprint density at radius 3 is 2.27 bits per heavy atom. The third-order valence-electron chi connectivity index (χ3n) is 7.04. The van der Waals surface area contributed by atoms with E-state index in [4.69, 9.17) is 9.47 Å². The van der Waals surface area contributed by atoms with Crippen LogP contribution in [0.5, 0.6) is 17.2 Å². The minimum atomic E-state index is -1.11. The maximum absolute atomic E-state index is 11.7. The lowest BCUT2D eigenvalue weighted by atomic mass is 9.99. The molecule has 5 aromatic rings. The summed E-state index contributed by atoms with van der Waals surface area (Å²) in [5.74, 6) is 1.22. The zero-order chi connectivity index (χ0) is 30.9. The number of hydrogen-bond donors (Lipinski definition) is 6. The van der Waals surface area contributed by atoms with Gasteiger partial charge in [-0.05, 0) is 58.7 Å². The summed E-state index contributed by atoms with van der Waals surface area (Å²) in [5, 5.41) is 36.6. The topological polar surface area (TPSA) is 153 Å². The van der Waals surface area contributed by atoms with Crippen molar-refractivity contribution in [3.05, 3.63) is 136 Å². The number of rotatable bonds is 13. The number of pyridine rings is 1. The van der Waals surface area contributed by atoms with Crippen molar-refractivity contribution >= 4 is 17.0 Å². The van der Waals surface area contributed by atoms with Gasteiger partial charge < -0.3 is 40.4 Å². The van der Waals surface area contributed by atoms with Gasteiger partial charge in [0.25, 0.3) is 0 Å². The van der Waals surface area contributed by atoms with Crippen molar-refractivity contribution in [1.29, 1.82) is 0 Å². The highest BCUT2D eigenvalue weighted by Crippen LogP contribution is 2.29. The number of fused-ring (bicyclic) bond motifs is 1. The van der Waals surface area contributed by atoms with Crippen LogP contribution < -0.4 is 25.7 Å². The highest BCUT2D eigenvalue weighted by Gasteiger charge is 2.17. The van der Waals surface area contributed by atoms with E-state index in [1.54, 1.807) is 12.1 Å². The van der Waals surface area contributed by atoms with Gasteiger partial charge in [0.2, 0.25) is 5.56 Å². The molecule has 0 aliphatic rings. The standard InChI is InChI=1S/C34H33N3O7/c38-29-14-12-27(28-13-15-31(40)36-33(28)29)30(39)21-35-20-22-6-4-10-25(18-22)43-16-17-44-26-11-5-9-24(19-26)32(37-34(41)42)23-7-2-1-3-8-23/h1-15,18-19,30,32,35,37-39H,16-17,20-21H2,(H,36,40)(H,41,42)/t30-,32-/m0/s1. The van der Waals surface area contributed by atoms with E-state index in [0.29, 0.717) is 41.1 Å². The zero-order valence-corrected chi connectivity index (χ0v) is 23.8. The van der Waals surface area contributed by atoms with Crippen molar-refractivity contribution in [2.45, 2.75) is 18.7 Å². The van der Waals surface area contributed by atoms with Gasteiger partial charge in [0.05, 0.1) is 17.7 Å². The Bertz CT molecular complexity index is 1770. The van der Waals surface area contributed by atoms with Crippen LogP contribution in [-0.4, -0.2) is 46.2 Å². The highest BCUT2D eigenvalue weighted by atomic mass is 16.5. The molecule has 0 saturated heterocycles. The number of aromatic nitrogens is 1. The third kappa shape index (κ3) is 7.74. The number of amides is 1. The van der Waals surface area contributed by atoms with Gasteiger partial charge in [-0.1, -0.05) is 60.7 Å². The molecule has 0 aliphatic carbocycles. The molecule has 1 heterocycles. The molecule has 44 heavy (non-hydrogen) atoms. The Morgan fingerprint density at radius 1 is 0.818 bits per heavy atom. The first kappa shape index (κ1) is 30.1. The van der Waals surface area contributed by atoms with Crippen molar-refractivity contribution < 1.29 is 29.6 Å². The molecule has 0 spiro atoms. The number of aromatic hydroxyl groups is 1. The van der Waals surface area contributed by atoms with Crippen LogP contribution in [0.1, 0.15) is 34.4 Å². The lowest BCUT2D eigenvalue weighted by molar-refractivity contribution is 0.176. The summed E-state index contributed by atoms with van der Waals surface area (Å²) in [6.45, 7) is 1.32. The molecule has 0 bridgehead atoms. The predicted molar refractivity (Wildman–Crippen MR) is 166 cm³/mol. The molecule has 0 fully saturated rings. The second-order valence-corrected chi connectivity index (χ2v) is 10.1. The number of phenols is 1. The van der Waals surface area contributed by atoms with Gasteiger partial charge in [0.1, 0.15) is 30.5 Å². The Labute approximate surface area is 253 Å². The fourth-order valence-corrected chi connectivity index (χ4v) is 4.99. The molecule has 10 nitrogen and oxygen atoms in total. The third-order valence-corrected chi connectivity index (χ3v) is 7.04. The number of phenolic OH excluding ortho intramolecular Hbond substituents is 1. The number of carboxylic acid groups (broad SMARTS) is 1. The van der Waals surface area contributed by atoms with Crippen molar-refractivity contribution in [3.63, 3.8) is 0 Å². The molecule has 0 aliphatic heterocycles. The highest BCUT2D eigenvalue weighted by molar-refractivity contribution is 5.87. The van der Waals surface area contributed by atoms with Gasteiger partial charge in [0.15, 0.2) is 0 Å². The van der Waals surface area contributed by atoms with E-state index in [9.17, 15) is 24.9 Å². The molecule has 226 valence electrons. The number of aliphatic hydroxyl groups excluding tert-OH is 1. The monoisotopic (exact) mass is 595 g/mol. The van der Waals surface area contributed by atoms with Gasteiger partial charge >= 0.3 is 6.09 Å². The molecule has 6 N–H and O–H groups in total. The SMILES string of the molecule is O=C(O)N[C@@H](c1ccccc1)c1cccc(OCCOc2cccc(CNC[C@H](O)c3ccc(O)c4[nH]c(=O)ccc34)c2)c1. The van der Waals surface area contributed by atoms with Gasteiger partial charge in [0, 0.05) is 24.5 Å². The summed E-state index contributed by atoms with van der Waals surface area (Å²) in [7, 11) is 0. The number of ether oxygens (including phenoxy) is 2. The second kappa shape index (κ2) is 14.2. The number of benzene rings is 4. The fraction of sp³-hybridized carbons (Fsp3) is 0.176. The molecular weight excluding hydrogens is 562 g/mol. The van der Waals surface area contributed by atoms with Crippen molar-refractivity contribution in [2.75, 3.05) is 19.8 Å². The summed E-state index contributed by atoms with van der Waals surface area (Å²) in [4.78, 5) is 25.7. The average Bonchev–Trinajstić information content (AvgIpc) is 3.03. The first-order chi connectivity index (χ1) is 21.4. The molecule has 1 aromatic heterocycles. The largest absolute Gasteiger partial charge is 0.506 e. The predicted octanol–water partition coefficient (Wildman–Crippen LogP) is 4.87. The van der Waals surface area contributed by atoms with Gasteiger partial charge in [-0.3, -0.25) is 4.79 Å². The van der Waals surface area contributed by atoms with E-state index in [1.807, 2.05) is 78.9 Å². The first-order valence-electron chi connectivity index (χ1n) is 14.1. The number of aliphatic hydroxyl groups is 1. The number of H-pyrrole nitrogens is 1. The van der Waals surface area contributed by atoms with E-state index < -0.39 is 18.2 Å². The van der Waals surface area contributed by atoms with Crippen LogP contribution in [0.2, 0.25) is 0 Å². The van der Waals surface area contributed by atoms with E-state index in [-0.39, 0.29) is 24.5 Å². The minimum Gasteiger partial charge on any atom is -0.506 e. The van der Waals surface area contributed by atoms with Gasteiger partial charge in [-0.2, -0.15) is 0 Å². The van der Waals surface area contributed by atoms with Crippen LogP contribution in [0, 0.1) is 0 Å². The Balaban J connectivity index is 1.12. The smallest absolute Gasteiger partial charge is 0.405 e. The van der Waals surface area contributed by atoms with Crippen molar-refractivity contribution in [1.82, 2.24) is 15.6 Å². The summed E-state index contributed by atoms with van der Waals surface area (Å²) < 4.78 is 11.8. The minimum absolute atomic E-state index is 0.0536. The molecule has 0 radical (unpaired) electrons. The zero-order valence-electron chi connectivity index (χ0n) is 23.8. The number of carbonyl (C=O) groups is 1. The Morgan fingerprint density at radius 2 is 1.52 bits per heavy atom. The van der Waals surface area contributed by atoms with Gasteiger partial charge in [-0.25, -0.2) is 4.79 Å². The van der Waals surface area contributed by atoms with E-state index in [2.05, 4.69) is 15.6 Å². The van der Waals surface area contributed by atoms with Gasteiger partial charge in [-0.15, -0.1) is 0 Å². The summed E-state index contributed by atoms with van der Waals surface area (Å²) >= 11 is 0. The molecule has 0 unspecified atom stereocenters. The molecule has 4 aromatic carbocycles. The molecule has 2 atom stereocenters.